The molecule has 1 aromatic heterocycles. The average molecular weight is 417 g/mol. The number of hydrogen-bond donors (Lipinski definition) is 0. The summed E-state index contributed by atoms with van der Waals surface area (Å²) in [5.74, 6) is 0.935. The maximum absolute atomic E-state index is 5.90. The molecule has 0 bridgehead atoms. The van der Waals surface area contributed by atoms with Gasteiger partial charge in [0.25, 0.3) is 0 Å². The van der Waals surface area contributed by atoms with E-state index >= 15 is 0 Å². The van der Waals surface area contributed by atoms with Gasteiger partial charge in [-0.25, -0.2) is 0 Å². The summed E-state index contributed by atoms with van der Waals surface area (Å²) in [6.45, 7) is 11.6. The molecule has 0 atom stereocenters. The van der Waals surface area contributed by atoms with Gasteiger partial charge in [0.05, 0.1) is 12.8 Å². The molecule has 0 aliphatic carbocycles. The van der Waals surface area contributed by atoms with Crippen molar-refractivity contribution < 1.29 is 4.74 Å². The Morgan fingerprint density at radius 1 is 0.871 bits per heavy atom. The lowest BCUT2D eigenvalue weighted by molar-refractivity contribution is 0.252. The zero-order valence-corrected chi connectivity index (χ0v) is 19.7. The molecule has 0 spiro atoms. The summed E-state index contributed by atoms with van der Waals surface area (Å²) in [4.78, 5) is 7.57. The van der Waals surface area contributed by atoms with Crippen LogP contribution in [0.4, 0.5) is 0 Å². The fourth-order valence-electron chi connectivity index (χ4n) is 4.34. The predicted molar refractivity (Wildman–Crippen MR) is 131 cm³/mol. The Morgan fingerprint density at radius 2 is 1.55 bits per heavy atom. The molecule has 0 amide bonds. The van der Waals surface area contributed by atoms with E-state index in [9.17, 15) is 0 Å². The number of aromatic nitrogens is 1. The van der Waals surface area contributed by atoms with Crippen molar-refractivity contribution in [3.63, 3.8) is 0 Å². The third-order valence-electron chi connectivity index (χ3n) is 5.94. The van der Waals surface area contributed by atoms with E-state index in [1.54, 1.807) is 7.11 Å². The van der Waals surface area contributed by atoms with E-state index in [2.05, 4.69) is 87.2 Å². The summed E-state index contributed by atoms with van der Waals surface area (Å²) >= 11 is 0. The Labute approximate surface area is 188 Å². The van der Waals surface area contributed by atoms with Crippen molar-refractivity contribution in [1.82, 2.24) is 9.88 Å². The number of methoxy groups -OCH3 is 1. The molecular formula is C28H36N2O. The maximum atomic E-state index is 5.90. The van der Waals surface area contributed by atoms with E-state index in [1.165, 1.54) is 27.8 Å². The molecule has 31 heavy (non-hydrogen) atoms. The van der Waals surface area contributed by atoms with Crippen LogP contribution in [0.5, 0.6) is 5.75 Å². The molecule has 1 heterocycles. The molecule has 0 saturated carbocycles. The number of benzene rings is 2. The monoisotopic (exact) mass is 416 g/mol. The highest BCUT2D eigenvalue weighted by atomic mass is 16.5. The van der Waals surface area contributed by atoms with E-state index in [4.69, 9.17) is 9.72 Å². The van der Waals surface area contributed by atoms with Gasteiger partial charge in [0.15, 0.2) is 0 Å². The Morgan fingerprint density at radius 3 is 2.13 bits per heavy atom. The van der Waals surface area contributed by atoms with Crippen molar-refractivity contribution in [2.45, 2.75) is 60.0 Å². The third-order valence-corrected chi connectivity index (χ3v) is 5.94. The second-order valence-corrected chi connectivity index (χ2v) is 8.13. The van der Waals surface area contributed by atoms with Crippen LogP contribution in [0.1, 0.15) is 55.1 Å². The summed E-state index contributed by atoms with van der Waals surface area (Å²) in [5.41, 5.74) is 8.56. The van der Waals surface area contributed by atoms with Crippen LogP contribution in [-0.4, -0.2) is 23.5 Å². The Kier molecular flexibility index (Phi) is 8.25. The molecule has 3 rings (SSSR count). The van der Waals surface area contributed by atoms with Gasteiger partial charge in [-0.05, 0) is 49.4 Å². The smallest absolute Gasteiger partial charge is 0.127 e. The van der Waals surface area contributed by atoms with Crippen LogP contribution in [0.2, 0.25) is 0 Å². The molecule has 3 nitrogen and oxygen atoms in total. The minimum Gasteiger partial charge on any atom is -0.496 e. The summed E-state index contributed by atoms with van der Waals surface area (Å²) in [6, 6.07) is 19.4. The second-order valence-electron chi connectivity index (χ2n) is 8.13. The Bertz CT molecular complexity index is 960. The van der Waals surface area contributed by atoms with Gasteiger partial charge in [0.2, 0.25) is 0 Å². The predicted octanol–water partition coefficient (Wildman–Crippen LogP) is 6.60. The zero-order valence-electron chi connectivity index (χ0n) is 19.7. The van der Waals surface area contributed by atoms with E-state index in [-0.39, 0.29) is 0 Å². The summed E-state index contributed by atoms with van der Waals surface area (Å²) < 4.78 is 5.90. The minimum absolute atomic E-state index is 0.834. The first kappa shape index (κ1) is 23.0. The van der Waals surface area contributed by atoms with Crippen LogP contribution in [0.15, 0.2) is 54.6 Å². The quantitative estimate of drug-likeness (QED) is 0.372. The first-order valence-corrected chi connectivity index (χ1v) is 11.5. The fourth-order valence-corrected chi connectivity index (χ4v) is 4.34. The molecule has 0 aliphatic rings. The lowest BCUT2D eigenvalue weighted by Crippen LogP contribution is -2.24. The van der Waals surface area contributed by atoms with Crippen LogP contribution < -0.4 is 4.74 Å². The van der Waals surface area contributed by atoms with Gasteiger partial charge in [-0.2, -0.15) is 0 Å². The van der Waals surface area contributed by atoms with Crippen LogP contribution in [0.3, 0.4) is 0 Å². The average Bonchev–Trinajstić information content (AvgIpc) is 2.80. The molecule has 0 fully saturated rings. The van der Waals surface area contributed by atoms with Crippen LogP contribution in [0.25, 0.3) is 11.3 Å². The lowest BCUT2D eigenvalue weighted by atomic mass is 9.94. The molecule has 3 heteroatoms. The van der Waals surface area contributed by atoms with Gasteiger partial charge in [-0.15, -0.1) is 0 Å². The summed E-state index contributed by atoms with van der Waals surface area (Å²) in [5, 5.41) is 0. The maximum Gasteiger partial charge on any atom is 0.127 e. The largest absolute Gasteiger partial charge is 0.496 e. The van der Waals surface area contributed by atoms with Crippen LogP contribution >= 0.6 is 0 Å². The van der Waals surface area contributed by atoms with E-state index in [0.29, 0.717) is 0 Å². The molecule has 0 saturated heterocycles. The number of aryl methyl sites for hydroxylation is 3. The SMILES string of the molecule is CCCN(Cc1ccccc1)Cc1c(OC)cc(-c2c(CC)cccc2CC)nc1C. The summed E-state index contributed by atoms with van der Waals surface area (Å²) in [7, 11) is 1.77. The van der Waals surface area contributed by atoms with Crippen molar-refractivity contribution >= 4 is 0 Å². The van der Waals surface area contributed by atoms with Crippen molar-refractivity contribution in [2.75, 3.05) is 13.7 Å². The third kappa shape index (κ3) is 5.54. The number of rotatable bonds is 10. The van der Waals surface area contributed by atoms with Crippen LogP contribution in [-0.2, 0) is 25.9 Å². The fraction of sp³-hybridized carbons (Fsp3) is 0.393. The Balaban J connectivity index is 1.98. The topological polar surface area (TPSA) is 25.4 Å². The van der Waals surface area contributed by atoms with Crippen molar-refractivity contribution in [3.8, 4) is 17.0 Å². The van der Waals surface area contributed by atoms with Crippen molar-refractivity contribution in [3.05, 3.63) is 82.5 Å². The molecule has 3 aromatic rings. The van der Waals surface area contributed by atoms with Gasteiger partial charge in [-0.3, -0.25) is 9.88 Å². The van der Waals surface area contributed by atoms with E-state index in [1.807, 2.05) is 0 Å². The standard InChI is InChI=1S/C28H36N2O/c1-6-17-30(19-22-13-10-9-11-14-22)20-25-21(4)29-26(18-27(25)31-5)28-23(7-2)15-12-16-24(28)8-3/h9-16,18H,6-8,17,19-20H2,1-5H3. The van der Waals surface area contributed by atoms with Crippen molar-refractivity contribution in [1.29, 1.82) is 0 Å². The number of nitrogens with zero attached hydrogens (tertiary/aromatic N) is 2. The molecule has 164 valence electrons. The highest BCUT2D eigenvalue weighted by molar-refractivity contribution is 5.70. The highest BCUT2D eigenvalue weighted by Gasteiger charge is 2.18. The highest BCUT2D eigenvalue weighted by Crippen LogP contribution is 2.33. The number of ether oxygens (including phenoxy) is 1. The zero-order chi connectivity index (χ0) is 22.2. The normalized spacial score (nSPS) is 11.2. The van der Waals surface area contributed by atoms with Crippen LogP contribution in [0, 0.1) is 6.92 Å². The van der Waals surface area contributed by atoms with Gasteiger partial charge in [-0.1, -0.05) is 69.3 Å². The Hall–Kier alpha value is -2.65. The molecular weight excluding hydrogens is 380 g/mol. The van der Waals surface area contributed by atoms with Gasteiger partial charge < -0.3 is 4.74 Å². The molecule has 0 aliphatic heterocycles. The first-order valence-electron chi connectivity index (χ1n) is 11.5. The molecule has 2 aromatic carbocycles. The molecule has 0 N–H and O–H groups in total. The van der Waals surface area contributed by atoms with Gasteiger partial charge in [0.1, 0.15) is 5.75 Å². The number of pyridine rings is 1. The number of hydrogen-bond acceptors (Lipinski definition) is 3. The minimum atomic E-state index is 0.834. The van der Waals surface area contributed by atoms with Crippen molar-refractivity contribution in [2.24, 2.45) is 0 Å². The van der Waals surface area contributed by atoms with Gasteiger partial charge in [0, 0.05) is 36.0 Å². The summed E-state index contributed by atoms with van der Waals surface area (Å²) in [6.07, 6.45) is 3.11. The van der Waals surface area contributed by atoms with E-state index < -0.39 is 0 Å². The lowest BCUT2D eigenvalue weighted by Gasteiger charge is -2.24. The molecule has 0 unspecified atom stereocenters. The van der Waals surface area contributed by atoms with Gasteiger partial charge >= 0.3 is 0 Å². The first-order chi connectivity index (χ1) is 15.1. The molecule has 0 radical (unpaired) electrons. The van der Waals surface area contributed by atoms with E-state index in [0.717, 1.165) is 56.0 Å². The second kappa shape index (κ2) is 11.1.